The van der Waals surface area contributed by atoms with Crippen molar-refractivity contribution in [3.05, 3.63) is 0 Å². The maximum absolute atomic E-state index is 11.2. The monoisotopic (exact) mass is 213 g/mol. The van der Waals surface area contributed by atoms with E-state index in [1.807, 2.05) is 0 Å². The van der Waals surface area contributed by atoms with E-state index in [0.29, 0.717) is 12.5 Å². The topological polar surface area (TPSA) is 38.3 Å². The van der Waals surface area contributed by atoms with Gasteiger partial charge in [0.1, 0.15) is 0 Å². The van der Waals surface area contributed by atoms with Crippen molar-refractivity contribution in [1.29, 1.82) is 0 Å². The summed E-state index contributed by atoms with van der Waals surface area (Å²) in [5, 5.41) is 2.85. The second kappa shape index (κ2) is 7.55. The normalized spacial score (nSPS) is 17.4. The minimum atomic E-state index is -0.242. The molecule has 0 aromatic carbocycles. The van der Waals surface area contributed by atoms with Crippen LogP contribution in [0.2, 0.25) is 0 Å². The van der Waals surface area contributed by atoms with Crippen LogP contribution in [-0.4, -0.2) is 19.2 Å². The largest absolute Gasteiger partial charge is 0.450 e. The minimum absolute atomic E-state index is 0.242. The van der Waals surface area contributed by atoms with Crippen molar-refractivity contribution >= 4 is 6.09 Å². The highest BCUT2D eigenvalue weighted by atomic mass is 16.5. The van der Waals surface area contributed by atoms with E-state index in [9.17, 15) is 4.79 Å². The molecule has 15 heavy (non-hydrogen) atoms. The first-order valence-electron chi connectivity index (χ1n) is 6.23. The first kappa shape index (κ1) is 12.3. The minimum Gasteiger partial charge on any atom is -0.450 e. The highest BCUT2D eigenvalue weighted by molar-refractivity contribution is 5.67. The molecule has 3 nitrogen and oxygen atoms in total. The Balaban J connectivity index is 2.00. The van der Waals surface area contributed by atoms with Gasteiger partial charge in [0, 0.05) is 6.54 Å². The number of carbonyl (C=O) groups excluding carboxylic acids is 1. The molecular formula is C12H23NO2. The molecule has 1 aliphatic carbocycles. The second-order valence-corrected chi connectivity index (χ2v) is 4.37. The van der Waals surface area contributed by atoms with Crippen molar-refractivity contribution in [2.24, 2.45) is 5.92 Å². The summed E-state index contributed by atoms with van der Waals surface area (Å²) in [6, 6.07) is 0. The molecule has 3 heteroatoms. The van der Waals surface area contributed by atoms with E-state index in [-0.39, 0.29) is 6.09 Å². The molecule has 0 radical (unpaired) electrons. The summed E-state index contributed by atoms with van der Waals surface area (Å²) in [5.74, 6) is 0.678. The van der Waals surface area contributed by atoms with Crippen molar-refractivity contribution in [1.82, 2.24) is 5.32 Å². The zero-order valence-corrected chi connectivity index (χ0v) is 9.76. The average Bonchev–Trinajstić information content (AvgIpc) is 2.28. The summed E-state index contributed by atoms with van der Waals surface area (Å²) in [5.41, 5.74) is 0. The van der Waals surface area contributed by atoms with Crippen LogP contribution in [0.3, 0.4) is 0 Å². The van der Waals surface area contributed by atoms with Crippen molar-refractivity contribution in [2.45, 2.75) is 51.9 Å². The van der Waals surface area contributed by atoms with Gasteiger partial charge in [-0.3, -0.25) is 0 Å². The molecular weight excluding hydrogens is 190 g/mol. The summed E-state index contributed by atoms with van der Waals surface area (Å²) >= 11 is 0. The van der Waals surface area contributed by atoms with Gasteiger partial charge in [-0.25, -0.2) is 4.79 Å². The van der Waals surface area contributed by atoms with Gasteiger partial charge < -0.3 is 10.1 Å². The van der Waals surface area contributed by atoms with E-state index in [2.05, 4.69) is 12.2 Å². The molecule has 0 spiro atoms. The number of nitrogens with one attached hydrogen (secondary N) is 1. The average molecular weight is 213 g/mol. The lowest BCUT2D eigenvalue weighted by Gasteiger charge is -2.21. The highest BCUT2D eigenvalue weighted by Crippen LogP contribution is 2.22. The molecule has 0 bridgehead atoms. The first-order valence-corrected chi connectivity index (χ1v) is 6.23. The van der Waals surface area contributed by atoms with Crippen LogP contribution in [0.5, 0.6) is 0 Å². The Labute approximate surface area is 92.6 Å². The molecule has 0 aromatic heterocycles. The summed E-state index contributed by atoms with van der Waals surface area (Å²) in [4.78, 5) is 11.2. The quantitative estimate of drug-likeness (QED) is 0.713. The second-order valence-electron chi connectivity index (χ2n) is 4.37. The molecule has 0 saturated heterocycles. The van der Waals surface area contributed by atoms with Crippen molar-refractivity contribution in [3.8, 4) is 0 Å². The molecule has 1 saturated carbocycles. The lowest BCUT2D eigenvalue weighted by molar-refractivity contribution is 0.141. The van der Waals surface area contributed by atoms with E-state index in [1.54, 1.807) is 0 Å². The standard InChI is InChI=1S/C12H23NO2/c1-2-3-9-15-12(14)13-10-11-7-5-4-6-8-11/h11H,2-10H2,1H3,(H,13,14). The number of hydrogen-bond donors (Lipinski definition) is 1. The Bertz CT molecular complexity index is 176. The lowest BCUT2D eigenvalue weighted by atomic mass is 9.89. The predicted molar refractivity (Wildman–Crippen MR) is 60.8 cm³/mol. The van der Waals surface area contributed by atoms with Gasteiger partial charge in [0.2, 0.25) is 0 Å². The number of ether oxygens (including phenoxy) is 1. The summed E-state index contributed by atoms with van der Waals surface area (Å²) < 4.78 is 5.02. The number of hydrogen-bond acceptors (Lipinski definition) is 2. The van der Waals surface area contributed by atoms with Crippen molar-refractivity contribution < 1.29 is 9.53 Å². The Morgan fingerprint density at radius 1 is 1.33 bits per heavy atom. The maximum Gasteiger partial charge on any atom is 0.407 e. The van der Waals surface area contributed by atoms with Crippen LogP contribution in [0.15, 0.2) is 0 Å². The smallest absolute Gasteiger partial charge is 0.407 e. The Kier molecular flexibility index (Phi) is 6.21. The predicted octanol–water partition coefficient (Wildman–Crippen LogP) is 3.09. The summed E-state index contributed by atoms with van der Waals surface area (Å²) in [7, 11) is 0. The maximum atomic E-state index is 11.2. The lowest BCUT2D eigenvalue weighted by Crippen LogP contribution is -2.30. The number of rotatable bonds is 5. The van der Waals surface area contributed by atoms with Gasteiger partial charge in [0.05, 0.1) is 6.61 Å². The van der Waals surface area contributed by atoms with Crippen molar-refractivity contribution in [3.63, 3.8) is 0 Å². The molecule has 1 rings (SSSR count). The van der Waals surface area contributed by atoms with E-state index < -0.39 is 0 Å². The van der Waals surface area contributed by atoms with E-state index >= 15 is 0 Å². The fraction of sp³-hybridized carbons (Fsp3) is 0.917. The molecule has 88 valence electrons. The number of carbonyl (C=O) groups is 1. The zero-order chi connectivity index (χ0) is 10.9. The molecule has 0 atom stereocenters. The Morgan fingerprint density at radius 2 is 2.07 bits per heavy atom. The number of amides is 1. The summed E-state index contributed by atoms with van der Waals surface area (Å²) in [6.07, 6.45) is 8.29. The Morgan fingerprint density at radius 3 is 2.73 bits per heavy atom. The molecule has 0 aliphatic heterocycles. The van der Waals surface area contributed by atoms with Crippen LogP contribution in [0.25, 0.3) is 0 Å². The van der Waals surface area contributed by atoms with E-state index in [0.717, 1.165) is 19.4 Å². The highest BCUT2D eigenvalue weighted by Gasteiger charge is 2.14. The van der Waals surface area contributed by atoms with Crippen LogP contribution in [-0.2, 0) is 4.74 Å². The number of alkyl carbamates (subject to hydrolysis) is 1. The van der Waals surface area contributed by atoms with Crippen molar-refractivity contribution in [2.75, 3.05) is 13.2 Å². The molecule has 1 aliphatic rings. The molecule has 1 N–H and O–H groups in total. The third-order valence-corrected chi connectivity index (χ3v) is 2.99. The van der Waals surface area contributed by atoms with Gasteiger partial charge >= 0.3 is 6.09 Å². The van der Waals surface area contributed by atoms with Crippen LogP contribution in [0.1, 0.15) is 51.9 Å². The molecule has 1 fully saturated rings. The first-order chi connectivity index (χ1) is 7.33. The van der Waals surface area contributed by atoms with Gasteiger partial charge in [-0.1, -0.05) is 32.6 Å². The van der Waals surface area contributed by atoms with Gasteiger partial charge in [0.15, 0.2) is 0 Å². The van der Waals surface area contributed by atoms with E-state index in [4.69, 9.17) is 4.74 Å². The summed E-state index contributed by atoms with van der Waals surface area (Å²) in [6.45, 7) is 3.43. The van der Waals surface area contributed by atoms with Gasteiger partial charge in [-0.2, -0.15) is 0 Å². The van der Waals surface area contributed by atoms with Crippen LogP contribution in [0, 0.1) is 5.92 Å². The molecule has 0 aromatic rings. The van der Waals surface area contributed by atoms with Crippen LogP contribution in [0.4, 0.5) is 4.79 Å². The number of unbranched alkanes of at least 4 members (excludes halogenated alkanes) is 1. The third-order valence-electron chi connectivity index (χ3n) is 2.99. The van der Waals surface area contributed by atoms with Crippen LogP contribution >= 0.6 is 0 Å². The fourth-order valence-electron chi connectivity index (χ4n) is 1.98. The Hall–Kier alpha value is -0.730. The molecule has 0 heterocycles. The van der Waals surface area contributed by atoms with Gasteiger partial charge in [-0.05, 0) is 25.2 Å². The van der Waals surface area contributed by atoms with E-state index in [1.165, 1.54) is 32.1 Å². The third kappa shape index (κ3) is 5.65. The van der Waals surface area contributed by atoms with Gasteiger partial charge in [0.25, 0.3) is 0 Å². The van der Waals surface area contributed by atoms with Crippen LogP contribution < -0.4 is 5.32 Å². The SMILES string of the molecule is CCCCOC(=O)NCC1CCCCC1. The zero-order valence-electron chi connectivity index (χ0n) is 9.76. The molecule has 0 unspecified atom stereocenters. The fourth-order valence-corrected chi connectivity index (χ4v) is 1.98. The molecule has 1 amide bonds. The van der Waals surface area contributed by atoms with Gasteiger partial charge in [-0.15, -0.1) is 0 Å².